The monoisotopic (exact) mass is 424 g/mol. The molecule has 1 N–H and O–H groups in total. The van der Waals surface area contributed by atoms with E-state index < -0.39 is 0 Å². The number of piperazine rings is 1. The van der Waals surface area contributed by atoms with Crippen LogP contribution in [0.4, 0.5) is 11.4 Å². The Bertz CT molecular complexity index is 1040. The summed E-state index contributed by atoms with van der Waals surface area (Å²) >= 11 is 5.96. The highest BCUT2D eigenvalue weighted by molar-refractivity contribution is 6.30. The minimum absolute atomic E-state index is 0.0978. The third kappa shape index (κ3) is 4.44. The molecule has 0 bridgehead atoms. The molecule has 0 aliphatic carbocycles. The topological polar surface area (TPSA) is 83.4 Å². The standard InChI is InChI=1S/C21H21ClN6O2/c1-15(29)25-17-4-7-20(23-12-17)28-13-19(24-14-28)21(30)27-10-8-26(9-11-27)18-5-2-16(22)3-6-18/h2-7,12-14H,8-11H2,1H3,(H,25,29). The summed E-state index contributed by atoms with van der Waals surface area (Å²) in [5.41, 5.74) is 2.09. The van der Waals surface area contributed by atoms with E-state index in [1.54, 1.807) is 35.4 Å². The van der Waals surface area contributed by atoms with E-state index in [0.717, 1.165) is 18.8 Å². The van der Waals surface area contributed by atoms with Crippen LogP contribution in [0.2, 0.25) is 5.02 Å². The lowest BCUT2D eigenvalue weighted by atomic mass is 10.2. The number of hydrogen-bond donors (Lipinski definition) is 1. The van der Waals surface area contributed by atoms with Crippen molar-refractivity contribution in [2.45, 2.75) is 6.92 Å². The summed E-state index contributed by atoms with van der Waals surface area (Å²) < 4.78 is 1.69. The highest BCUT2D eigenvalue weighted by Gasteiger charge is 2.24. The Kier molecular flexibility index (Phi) is 5.67. The van der Waals surface area contributed by atoms with Crippen LogP contribution >= 0.6 is 11.6 Å². The van der Waals surface area contributed by atoms with Gasteiger partial charge in [0.25, 0.3) is 5.91 Å². The molecule has 1 aromatic carbocycles. The fourth-order valence-corrected chi connectivity index (χ4v) is 3.48. The summed E-state index contributed by atoms with van der Waals surface area (Å²) in [7, 11) is 0. The largest absolute Gasteiger partial charge is 0.368 e. The molecule has 3 aromatic rings. The van der Waals surface area contributed by atoms with Gasteiger partial charge in [0.15, 0.2) is 0 Å². The zero-order valence-electron chi connectivity index (χ0n) is 16.5. The maximum Gasteiger partial charge on any atom is 0.274 e. The first-order valence-corrected chi connectivity index (χ1v) is 9.95. The molecule has 154 valence electrons. The fraction of sp³-hybridized carbons (Fsp3) is 0.238. The summed E-state index contributed by atoms with van der Waals surface area (Å²) in [6.45, 7) is 4.19. The molecular weight excluding hydrogens is 404 g/mol. The quantitative estimate of drug-likeness (QED) is 0.696. The van der Waals surface area contributed by atoms with E-state index in [1.165, 1.54) is 6.92 Å². The van der Waals surface area contributed by atoms with Gasteiger partial charge < -0.3 is 15.1 Å². The van der Waals surface area contributed by atoms with Gasteiger partial charge in [-0.3, -0.25) is 14.2 Å². The van der Waals surface area contributed by atoms with Crippen molar-refractivity contribution >= 4 is 34.8 Å². The highest BCUT2D eigenvalue weighted by Crippen LogP contribution is 2.20. The van der Waals surface area contributed by atoms with Crippen LogP contribution in [-0.4, -0.2) is 57.4 Å². The van der Waals surface area contributed by atoms with Crippen LogP contribution in [0.15, 0.2) is 55.1 Å². The van der Waals surface area contributed by atoms with Gasteiger partial charge >= 0.3 is 0 Å². The lowest BCUT2D eigenvalue weighted by Crippen LogP contribution is -2.48. The Hall–Kier alpha value is -3.39. The Morgan fingerprint density at radius 3 is 2.37 bits per heavy atom. The molecule has 30 heavy (non-hydrogen) atoms. The number of benzene rings is 1. The molecule has 1 fully saturated rings. The second kappa shape index (κ2) is 8.54. The van der Waals surface area contributed by atoms with E-state index in [-0.39, 0.29) is 11.8 Å². The molecule has 0 radical (unpaired) electrons. The van der Waals surface area contributed by atoms with Crippen LogP contribution < -0.4 is 10.2 Å². The number of aromatic nitrogens is 3. The Morgan fingerprint density at radius 2 is 1.73 bits per heavy atom. The van der Waals surface area contributed by atoms with Crippen LogP contribution in [0, 0.1) is 0 Å². The maximum atomic E-state index is 12.9. The zero-order valence-corrected chi connectivity index (χ0v) is 17.2. The lowest BCUT2D eigenvalue weighted by Gasteiger charge is -2.35. The van der Waals surface area contributed by atoms with E-state index >= 15 is 0 Å². The van der Waals surface area contributed by atoms with Crippen molar-refractivity contribution in [3.05, 3.63) is 65.8 Å². The molecule has 2 aromatic heterocycles. The minimum Gasteiger partial charge on any atom is -0.368 e. The number of nitrogens with zero attached hydrogens (tertiary/aromatic N) is 5. The minimum atomic E-state index is -0.156. The lowest BCUT2D eigenvalue weighted by molar-refractivity contribution is -0.114. The third-order valence-corrected chi connectivity index (χ3v) is 5.15. The van der Waals surface area contributed by atoms with E-state index in [9.17, 15) is 9.59 Å². The number of carbonyl (C=O) groups is 2. The van der Waals surface area contributed by atoms with Gasteiger partial charge in [-0.05, 0) is 36.4 Å². The molecule has 0 atom stereocenters. The average Bonchev–Trinajstić information content (AvgIpc) is 3.24. The van der Waals surface area contributed by atoms with E-state index in [2.05, 4.69) is 20.2 Å². The van der Waals surface area contributed by atoms with Gasteiger partial charge in [0, 0.05) is 50.0 Å². The summed E-state index contributed by atoms with van der Waals surface area (Å²) in [6, 6.07) is 11.2. The van der Waals surface area contributed by atoms with E-state index in [4.69, 9.17) is 11.6 Å². The Balaban J connectivity index is 1.38. The zero-order chi connectivity index (χ0) is 21.1. The molecule has 3 heterocycles. The molecule has 0 unspecified atom stereocenters. The number of nitrogens with one attached hydrogen (secondary N) is 1. The molecule has 4 rings (SSSR count). The normalized spacial score (nSPS) is 13.9. The van der Waals surface area contributed by atoms with Crippen LogP contribution in [0.25, 0.3) is 5.82 Å². The smallest absolute Gasteiger partial charge is 0.274 e. The third-order valence-electron chi connectivity index (χ3n) is 4.89. The van der Waals surface area contributed by atoms with Crippen molar-refractivity contribution in [3.63, 3.8) is 0 Å². The second-order valence-electron chi connectivity index (χ2n) is 7.01. The van der Waals surface area contributed by atoms with Gasteiger partial charge in [-0.15, -0.1) is 0 Å². The molecule has 0 spiro atoms. The Morgan fingerprint density at radius 1 is 1.00 bits per heavy atom. The van der Waals surface area contributed by atoms with E-state index in [1.807, 2.05) is 29.2 Å². The number of carbonyl (C=O) groups excluding carboxylic acids is 2. The molecule has 2 amide bonds. The van der Waals surface area contributed by atoms with Crippen LogP contribution in [0.1, 0.15) is 17.4 Å². The summed E-state index contributed by atoms with van der Waals surface area (Å²) in [6.07, 6.45) is 4.81. The van der Waals surface area contributed by atoms with Gasteiger partial charge in [-0.1, -0.05) is 11.6 Å². The van der Waals surface area contributed by atoms with Crippen molar-refractivity contribution in [2.24, 2.45) is 0 Å². The average molecular weight is 425 g/mol. The van der Waals surface area contributed by atoms with E-state index in [0.29, 0.717) is 35.3 Å². The first kappa shape index (κ1) is 19.9. The molecule has 1 saturated heterocycles. The maximum absolute atomic E-state index is 12.9. The molecule has 0 saturated carbocycles. The number of anilines is 2. The summed E-state index contributed by atoms with van der Waals surface area (Å²) in [4.78, 5) is 36.6. The fourth-order valence-electron chi connectivity index (χ4n) is 3.36. The van der Waals surface area contributed by atoms with Crippen molar-refractivity contribution < 1.29 is 9.59 Å². The van der Waals surface area contributed by atoms with Gasteiger partial charge in [-0.25, -0.2) is 9.97 Å². The number of halogens is 1. The van der Waals surface area contributed by atoms with Crippen molar-refractivity contribution in [1.82, 2.24) is 19.4 Å². The van der Waals surface area contributed by atoms with Crippen molar-refractivity contribution in [3.8, 4) is 5.82 Å². The van der Waals surface area contributed by atoms with Crippen LogP contribution in [0.3, 0.4) is 0 Å². The van der Waals surface area contributed by atoms with Gasteiger partial charge in [0.05, 0.1) is 11.9 Å². The molecule has 9 heteroatoms. The Labute approximate surface area is 179 Å². The molecule has 1 aliphatic heterocycles. The first-order chi connectivity index (χ1) is 14.5. The number of imidazole rings is 1. The SMILES string of the molecule is CC(=O)Nc1ccc(-n2cnc(C(=O)N3CCN(c4ccc(Cl)cc4)CC3)c2)nc1. The number of pyridine rings is 1. The van der Waals surface area contributed by atoms with Crippen molar-refractivity contribution in [1.29, 1.82) is 0 Å². The van der Waals surface area contributed by atoms with Crippen molar-refractivity contribution in [2.75, 3.05) is 36.4 Å². The second-order valence-corrected chi connectivity index (χ2v) is 7.44. The summed E-state index contributed by atoms with van der Waals surface area (Å²) in [5, 5.41) is 3.38. The predicted molar refractivity (Wildman–Crippen MR) is 115 cm³/mol. The number of amides is 2. The number of rotatable bonds is 4. The molecule has 8 nitrogen and oxygen atoms in total. The highest BCUT2D eigenvalue weighted by atomic mass is 35.5. The van der Waals surface area contributed by atoms with Gasteiger partial charge in [0.2, 0.25) is 5.91 Å². The van der Waals surface area contributed by atoms with Gasteiger partial charge in [-0.2, -0.15) is 0 Å². The number of hydrogen-bond acceptors (Lipinski definition) is 5. The first-order valence-electron chi connectivity index (χ1n) is 9.57. The molecule has 1 aliphatic rings. The van der Waals surface area contributed by atoms with Crippen LogP contribution in [0.5, 0.6) is 0 Å². The van der Waals surface area contributed by atoms with Gasteiger partial charge in [0.1, 0.15) is 17.8 Å². The molecular formula is C21H21ClN6O2. The summed E-state index contributed by atoms with van der Waals surface area (Å²) in [5.74, 6) is 0.360. The van der Waals surface area contributed by atoms with Crippen LogP contribution in [-0.2, 0) is 4.79 Å². The predicted octanol–water partition coefficient (Wildman–Crippen LogP) is 2.84.